The van der Waals surface area contributed by atoms with Gasteiger partial charge in [0.1, 0.15) is 22.0 Å². The zero-order chi connectivity index (χ0) is 30.5. The zero-order valence-electron chi connectivity index (χ0n) is 23.8. The molecule has 0 unspecified atom stereocenters. The van der Waals surface area contributed by atoms with E-state index in [-0.39, 0.29) is 13.2 Å². The molecule has 0 saturated heterocycles. The summed E-state index contributed by atoms with van der Waals surface area (Å²) in [5, 5.41) is 18.5. The molecule has 4 aromatic heterocycles. The van der Waals surface area contributed by atoms with Crippen molar-refractivity contribution in [2.45, 2.75) is 19.8 Å². The fourth-order valence-corrected chi connectivity index (χ4v) is 4.64. The van der Waals surface area contributed by atoms with E-state index in [1.165, 1.54) is 5.56 Å². The second-order valence-corrected chi connectivity index (χ2v) is 10.4. The first-order chi connectivity index (χ1) is 21.5. The van der Waals surface area contributed by atoms with Gasteiger partial charge in [-0.2, -0.15) is 9.97 Å². The van der Waals surface area contributed by atoms with Crippen LogP contribution in [0.15, 0.2) is 112 Å². The van der Waals surface area contributed by atoms with E-state index >= 15 is 0 Å². The van der Waals surface area contributed by atoms with Crippen LogP contribution in [0.2, 0.25) is 5.15 Å². The molecule has 7 aromatic rings. The van der Waals surface area contributed by atoms with Crippen LogP contribution in [0, 0.1) is 0 Å². The molecule has 0 aliphatic carbocycles. The number of pyridine rings is 2. The Morgan fingerprint density at radius 1 is 0.591 bits per heavy atom. The summed E-state index contributed by atoms with van der Waals surface area (Å²) in [5.74, 6) is 1.85. The molecule has 0 fully saturated rings. The van der Waals surface area contributed by atoms with Crippen molar-refractivity contribution in [2.24, 2.45) is 0 Å². The van der Waals surface area contributed by atoms with Gasteiger partial charge in [0.2, 0.25) is 23.2 Å². The van der Waals surface area contributed by atoms with Gasteiger partial charge in [0.05, 0.1) is 13.2 Å². The highest BCUT2D eigenvalue weighted by molar-refractivity contribution is 6.29. The summed E-state index contributed by atoms with van der Waals surface area (Å²) < 4.78 is 11.4. The van der Waals surface area contributed by atoms with E-state index in [2.05, 4.69) is 37.0 Å². The molecule has 10 heteroatoms. The van der Waals surface area contributed by atoms with Crippen LogP contribution in [0.5, 0.6) is 0 Å². The van der Waals surface area contributed by atoms with Crippen LogP contribution in [-0.2, 0) is 19.8 Å². The minimum absolute atomic E-state index is 0.0189. The number of hydrogen-bond donors (Lipinski definition) is 2. The number of aromatic nitrogens is 4. The number of benzene rings is 3. The first-order valence-corrected chi connectivity index (χ1v) is 14.2. The lowest BCUT2D eigenvalue weighted by Crippen LogP contribution is -2.17. The molecule has 0 saturated carbocycles. The molecule has 9 nitrogen and oxygen atoms in total. The van der Waals surface area contributed by atoms with Crippen LogP contribution < -0.4 is 4.90 Å². The second-order valence-electron chi connectivity index (χ2n) is 10.0. The second kappa shape index (κ2) is 13.0. The van der Waals surface area contributed by atoms with Gasteiger partial charge in [0.25, 0.3) is 0 Å². The van der Waals surface area contributed by atoms with Gasteiger partial charge in [-0.1, -0.05) is 66.2 Å². The van der Waals surface area contributed by atoms with Crippen molar-refractivity contribution in [3.63, 3.8) is 0 Å². The number of oxazole rings is 2. The fraction of sp³-hybridized carbons (Fsp3) is 0.118. The number of aliphatic hydroxyl groups is 2. The van der Waals surface area contributed by atoms with Gasteiger partial charge in [-0.05, 0) is 65.2 Å². The smallest absolute Gasteiger partial charge is 0.249 e. The number of rotatable bonds is 7. The van der Waals surface area contributed by atoms with Crippen LogP contribution in [0.1, 0.15) is 16.7 Å². The van der Waals surface area contributed by atoms with Crippen molar-refractivity contribution in [3.05, 3.63) is 125 Å². The lowest BCUT2D eigenvalue weighted by Gasteiger charge is -2.17. The first-order valence-electron chi connectivity index (χ1n) is 13.8. The van der Waals surface area contributed by atoms with Crippen molar-refractivity contribution in [3.8, 4) is 22.9 Å². The van der Waals surface area contributed by atoms with Crippen LogP contribution in [0.25, 0.3) is 45.4 Å². The number of fused-ring (bicyclic) bond motifs is 2. The van der Waals surface area contributed by atoms with E-state index in [0.29, 0.717) is 33.9 Å². The predicted molar refractivity (Wildman–Crippen MR) is 170 cm³/mol. The maximum atomic E-state index is 9.15. The molecule has 2 N–H and O–H groups in total. The average molecular weight is 606 g/mol. The summed E-state index contributed by atoms with van der Waals surface area (Å²) in [5.41, 5.74) is 6.94. The molecule has 220 valence electrons. The highest BCUT2D eigenvalue weighted by Crippen LogP contribution is 2.26. The number of nitrogens with zero attached hydrogens (tertiary/aromatic N) is 5. The summed E-state index contributed by atoms with van der Waals surface area (Å²) in [6.45, 7) is 0.806. The maximum absolute atomic E-state index is 9.15. The largest absolute Gasteiger partial charge is 0.418 e. The molecular formula is C34H28ClN5O4. The number of anilines is 1. The predicted octanol–water partition coefficient (Wildman–Crippen LogP) is 7.05. The first kappa shape index (κ1) is 29.0. The Labute approximate surface area is 258 Å². The van der Waals surface area contributed by atoms with Gasteiger partial charge >= 0.3 is 0 Å². The molecule has 44 heavy (non-hydrogen) atoms. The third-order valence-corrected chi connectivity index (χ3v) is 7.09. The van der Waals surface area contributed by atoms with Gasteiger partial charge in [0.15, 0.2) is 0 Å². The van der Waals surface area contributed by atoms with E-state index in [1.807, 2.05) is 85.9 Å². The van der Waals surface area contributed by atoms with Gasteiger partial charge in [0, 0.05) is 24.7 Å². The molecule has 0 aliphatic heterocycles. The summed E-state index contributed by atoms with van der Waals surface area (Å²) in [4.78, 5) is 19.6. The Balaban J connectivity index is 0.000000167. The lowest BCUT2D eigenvalue weighted by atomic mass is 10.1. The van der Waals surface area contributed by atoms with Crippen molar-refractivity contribution in [1.29, 1.82) is 0 Å². The highest BCUT2D eigenvalue weighted by atomic mass is 35.5. The fourth-order valence-electron chi connectivity index (χ4n) is 4.51. The molecule has 0 amide bonds. The molecule has 0 spiro atoms. The SMILES string of the molecule is CN(Cc1ccccc1)c1ccc2nc(-c3ccc(CO)cc3)oc2n1.OCc1ccc(-c2nc3ccc(Cl)nc3o2)cc1. The number of aliphatic hydroxyl groups excluding tert-OH is 2. The summed E-state index contributed by atoms with van der Waals surface area (Å²) in [7, 11) is 2.01. The molecule has 0 bridgehead atoms. The molecule has 0 aliphatic rings. The summed E-state index contributed by atoms with van der Waals surface area (Å²) in [6, 6.07) is 32.4. The molecule has 0 radical (unpaired) electrons. The van der Waals surface area contributed by atoms with E-state index in [1.54, 1.807) is 12.1 Å². The van der Waals surface area contributed by atoms with Crippen LogP contribution in [0.3, 0.4) is 0 Å². The molecule has 4 heterocycles. The maximum Gasteiger partial charge on any atom is 0.249 e. The number of hydrogen-bond acceptors (Lipinski definition) is 9. The molecule has 7 rings (SSSR count). The van der Waals surface area contributed by atoms with E-state index in [0.717, 1.165) is 40.1 Å². The van der Waals surface area contributed by atoms with Crippen LogP contribution in [-0.4, -0.2) is 37.2 Å². The molecule has 3 aromatic carbocycles. The third kappa shape index (κ3) is 6.60. The molecular weight excluding hydrogens is 578 g/mol. The highest BCUT2D eigenvalue weighted by Gasteiger charge is 2.12. The Hall–Kier alpha value is -5.09. The molecule has 0 atom stereocenters. The van der Waals surface area contributed by atoms with Crippen molar-refractivity contribution >= 4 is 39.9 Å². The topological polar surface area (TPSA) is 122 Å². The monoisotopic (exact) mass is 605 g/mol. The van der Waals surface area contributed by atoms with Crippen molar-refractivity contribution in [2.75, 3.05) is 11.9 Å². The minimum Gasteiger partial charge on any atom is -0.418 e. The summed E-state index contributed by atoms with van der Waals surface area (Å²) in [6.07, 6.45) is 0. The Kier molecular flexibility index (Phi) is 8.60. The summed E-state index contributed by atoms with van der Waals surface area (Å²) >= 11 is 5.79. The van der Waals surface area contributed by atoms with E-state index in [9.17, 15) is 0 Å². The van der Waals surface area contributed by atoms with E-state index < -0.39 is 0 Å². The lowest BCUT2D eigenvalue weighted by molar-refractivity contribution is 0.281. The van der Waals surface area contributed by atoms with Crippen molar-refractivity contribution < 1.29 is 19.0 Å². The Morgan fingerprint density at radius 3 is 1.66 bits per heavy atom. The van der Waals surface area contributed by atoms with Gasteiger partial charge in [-0.15, -0.1) is 0 Å². The number of halogens is 1. The zero-order valence-corrected chi connectivity index (χ0v) is 24.5. The third-order valence-electron chi connectivity index (χ3n) is 6.88. The van der Waals surface area contributed by atoms with E-state index in [4.69, 9.17) is 30.6 Å². The Bertz CT molecular complexity index is 1990. The van der Waals surface area contributed by atoms with Crippen molar-refractivity contribution in [1.82, 2.24) is 19.9 Å². The average Bonchev–Trinajstić information content (AvgIpc) is 3.69. The van der Waals surface area contributed by atoms with Crippen LogP contribution >= 0.6 is 11.6 Å². The van der Waals surface area contributed by atoms with Crippen LogP contribution in [0.4, 0.5) is 5.82 Å². The quantitative estimate of drug-likeness (QED) is 0.184. The standard InChI is InChI=1S/C21H19N3O2.C13H9ClN2O2/c1-24(13-15-5-3-2-4-6-15)19-12-11-18-21(23-19)26-20(22-18)17-9-7-16(14-25)8-10-17;14-11-6-5-10-13(16-11)18-12(15-10)9-3-1-8(7-17)2-4-9/h2-12,25H,13-14H2,1H3;1-6,17H,7H2. The van der Waals surface area contributed by atoms with Gasteiger partial charge < -0.3 is 23.9 Å². The van der Waals surface area contributed by atoms with Gasteiger partial charge in [-0.25, -0.2) is 9.97 Å². The minimum atomic E-state index is 0.0189. The normalized spacial score (nSPS) is 11.0. The Morgan fingerprint density at radius 2 is 1.11 bits per heavy atom. The van der Waals surface area contributed by atoms with Gasteiger partial charge in [-0.3, -0.25) is 0 Å².